The number of carbonyl (C=O) groups excluding carboxylic acids is 3. The smallest absolute Gasteiger partial charge is 0.272 e. The molecule has 1 atom stereocenters. The molecule has 0 aliphatic carbocycles. The van der Waals surface area contributed by atoms with E-state index in [2.05, 4.69) is 27.0 Å². The number of aryl methyl sites for hydroxylation is 2. The lowest BCUT2D eigenvalue weighted by Gasteiger charge is -2.14. The highest BCUT2D eigenvalue weighted by Gasteiger charge is 2.17. The molecule has 40 heavy (non-hydrogen) atoms. The highest BCUT2D eigenvalue weighted by Crippen LogP contribution is 2.27. The second kappa shape index (κ2) is 13.4. The fourth-order valence-electron chi connectivity index (χ4n) is 3.96. The number of amides is 3. The number of hydrogen-bond donors (Lipinski definition) is 3. The third kappa shape index (κ3) is 8.15. The quantitative estimate of drug-likeness (QED) is 0.170. The van der Waals surface area contributed by atoms with Gasteiger partial charge in [-0.3, -0.25) is 19.4 Å². The predicted octanol–water partition coefficient (Wildman–Crippen LogP) is 6.23. The SMILES string of the molecule is Cc1cc(C)cc(NC(=O)C(C)Sc2cccc(NC(=O)/C(=C/c3cccnc3)NC(=O)c3ccccc3)c2)c1. The first kappa shape index (κ1) is 28.3. The van der Waals surface area contributed by atoms with Gasteiger partial charge in [0.1, 0.15) is 5.70 Å². The van der Waals surface area contributed by atoms with Crippen molar-refractivity contribution < 1.29 is 14.4 Å². The van der Waals surface area contributed by atoms with Crippen LogP contribution in [0.25, 0.3) is 6.08 Å². The Balaban J connectivity index is 1.46. The van der Waals surface area contributed by atoms with Gasteiger partial charge in [0, 0.05) is 34.2 Å². The summed E-state index contributed by atoms with van der Waals surface area (Å²) >= 11 is 1.38. The van der Waals surface area contributed by atoms with Gasteiger partial charge in [-0.2, -0.15) is 0 Å². The zero-order valence-electron chi connectivity index (χ0n) is 22.5. The molecule has 1 unspecified atom stereocenters. The van der Waals surface area contributed by atoms with Crippen LogP contribution >= 0.6 is 11.8 Å². The van der Waals surface area contributed by atoms with E-state index in [0.717, 1.165) is 21.7 Å². The number of aromatic nitrogens is 1. The molecule has 3 N–H and O–H groups in total. The summed E-state index contributed by atoms with van der Waals surface area (Å²) in [6, 6.07) is 25.4. The van der Waals surface area contributed by atoms with Gasteiger partial charge in [0.2, 0.25) is 5.91 Å². The standard InChI is InChI=1S/C32H30N4O3S/c1-21-15-22(2)17-27(16-21)35-30(37)23(3)40-28-13-7-12-26(19-28)34-32(39)29(18-24-9-8-14-33-20-24)36-31(38)25-10-5-4-6-11-25/h4-20,23H,1-3H3,(H,34,39)(H,35,37)(H,36,38)/b29-18-. The summed E-state index contributed by atoms with van der Waals surface area (Å²) in [4.78, 5) is 43.8. The maximum absolute atomic E-state index is 13.3. The number of nitrogens with one attached hydrogen (secondary N) is 3. The summed E-state index contributed by atoms with van der Waals surface area (Å²) in [6.45, 7) is 5.82. The first-order chi connectivity index (χ1) is 19.3. The Morgan fingerprint density at radius 3 is 2.27 bits per heavy atom. The van der Waals surface area contributed by atoms with Crippen LogP contribution in [0.4, 0.5) is 11.4 Å². The number of carbonyl (C=O) groups is 3. The molecule has 8 heteroatoms. The molecule has 1 heterocycles. The third-order valence-corrected chi connectivity index (χ3v) is 6.88. The van der Waals surface area contributed by atoms with Crippen LogP contribution in [0.3, 0.4) is 0 Å². The number of hydrogen-bond acceptors (Lipinski definition) is 5. The average molecular weight is 551 g/mol. The first-order valence-corrected chi connectivity index (χ1v) is 13.6. The number of anilines is 2. The van der Waals surface area contributed by atoms with Crippen LogP contribution < -0.4 is 16.0 Å². The monoisotopic (exact) mass is 550 g/mol. The minimum Gasteiger partial charge on any atom is -0.325 e. The summed E-state index contributed by atoms with van der Waals surface area (Å²) in [5.74, 6) is -1.01. The molecule has 4 rings (SSSR count). The van der Waals surface area contributed by atoms with E-state index < -0.39 is 11.8 Å². The molecular weight excluding hydrogens is 520 g/mol. The average Bonchev–Trinajstić information content (AvgIpc) is 2.93. The summed E-state index contributed by atoms with van der Waals surface area (Å²) < 4.78 is 0. The van der Waals surface area contributed by atoms with Crippen molar-refractivity contribution in [3.05, 3.63) is 125 Å². The maximum Gasteiger partial charge on any atom is 0.272 e. The molecule has 202 valence electrons. The van der Waals surface area contributed by atoms with Gasteiger partial charge in [0.25, 0.3) is 11.8 Å². The van der Waals surface area contributed by atoms with Crippen LogP contribution in [0.1, 0.15) is 34.0 Å². The van der Waals surface area contributed by atoms with Crippen molar-refractivity contribution >= 4 is 46.9 Å². The minimum atomic E-state index is -0.490. The highest BCUT2D eigenvalue weighted by atomic mass is 32.2. The predicted molar refractivity (Wildman–Crippen MR) is 161 cm³/mol. The molecule has 3 amide bonds. The Labute approximate surface area is 238 Å². The van der Waals surface area contributed by atoms with Gasteiger partial charge in [-0.25, -0.2) is 0 Å². The van der Waals surface area contributed by atoms with E-state index in [1.807, 2.05) is 45.0 Å². The van der Waals surface area contributed by atoms with Crippen molar-refractivity contribution in [3.63, 3.8) is 0 Å². The van der Waals surface area contributed by atoms with Crippen molar-refractivity contribution in [1.29, 1.82) is 0 Å². The number of nitrogens with zero attached hydrogens (tertiary/aromatic N) is 1. The van der Waals surface area contributed by atoms with Crippen molar-refractivity contribution in [3.8, 4) is 0 Å². The normalized spacial score (nSPS) is 11.8. The minimum absolute atomic E-state index is 0.0705. The van der Waals surface area contributed by atoms with E-state index in [0.29, 0.717) is 16.8 Å². The lowest BCUT2D eigenvalue weighted by molar-refractivity contribution is -0.115. The summed E-state index contributed by atoms with van der Waals surface area (Å²) in [5, 5.41) is 8.18. The number of thioether (sulfide) groups is 1. The van der Waals surface area contributed by atoms with Crippen LogP contribution in [0.2, 0.25) is 0 Å². The largest absolute Gasteiger partial charge is 0.325 e. The molecular formula is C32H30N4O3S. The van der Waals surface area contributed by atoms with Crippen LogP contribution in [0.5, 0.6) is 0 Å². The van der Waals surface area contributed by atoms with E-state index in [1.54, 1.807) is 73.1 Å². The second-order valence-electron chi connectivity index (χ2n) is 9.27. The molecule has 1 aromatic heterocycles. The van der Waals surface area contributed by atoms with Gasteiger partial charge in [-0.15, -0.1) is 11.8 Å². The molecule has 0 bridgehead atoms. The van der Waals surface area contributed by atoms with Gasteiger partial charge in [-0.05, 0) is 92.1 Å². The molecule has 7 nitrogen and oxygen atoms in total. The zero-order chi connectivity index (χ0) is 28.5. The molecule has 3 aromatic carbocycles. The molecule has 0 spiro atoms. The molecule has 0 radical (unpaired) electrons. The van der Waals surface area contributed by atoms with Crippen LogP contribution in [0, 0.1) is 13.8 Å². The molecule has 0 saturated heterocycles. The Bertz CT molecular complexity index is 1520. The Kier molecular flexibility index (Phi) is 9.48. The summed E-state index contributed by atoms with van der Waals surface area (Å²) in [5.41, 5.74) is 4.62. The van der Waals surface area contributed by atoms with Gasteiger partial charge in [0.15, 0.2) is 0 Å². The number of pyridine rings is 1. The van der Waals surface area contributed by atoms with Crippen molar-refractivity contribution in [2.75, 3.05) is 10.6 Å². The van der Waals surface area contributed by atoms with E-state index in [1.165, 1.54) is 11.8 Å². The molecule has 0 saturated carbocycles. The van der Waals surface area contributed by atoms with E-state index in [-0.39, 0.29) is 16.9 Å². The van der Waals surface area contributed by atoms with Gasteiger partial charge in [-0.1, -0.05) is 36.4 Å². The van der Waals surface area contributed by atoms with Crippen molar-refractivity contribution in [2.45, 2.75) is 30.9 Å². The second-order valence-corrected chi connectivity index (χ2v) is 10.7. The fraction of sp³-hybridized carbons (Fsp3) is 0.125. The van der Waals surface area contributed by atoms with Crippen molar-refractivity contribution in [1.82, 2.24) is 10.3 Å². The van der Waals surface area contributed by atoms with Crippen LogP contribution in [-0.4, -0.2) is 28.0 Å². The lowest BCUT2D eigenvalue weighted by atomic mass is 10.1. The Morgan fingerprint density at radius 1 is 0.825 bits per heavy atom. The zero-order valence-corrected chi connectivity index (χ0v) is 23.3. The van der Waals surface area contributed by atoms with Crippen LogP contribution in [-0.2, 0) is 9.59 Å². The molecule has 4 aromatic rings. The Morgan fingerprint density at radius 2 is 1.57 bits per heavy atom. The number of benzene rings is 3. The van der Waals surface area contributed by atoms with Gasteiger partial charge < -0.3 is 16.0 Å². The maximum atomic E-state index is 13.3. The fourth-order valence-corrected chi connectivity index (χ4v) is 4.89. The van der Waals surface area contributed by atoms with E-state index >= 15 is 0 Å². The Hall–Kier alpha value is -4.69. The van der Waals surface area contributed by atoms with Crippen molar-refractivity contribution in [2.24, 2.45) is 0 Å². The topological polar surface area (TPSA) is 100 Å². The molecule has 0 fully saturated rings. The van der Waals surface area contributed by atoms with Gasteiger partial charge >= 0.3 is 0 Å². The molecule has 0 aliphatic rings. The first-order valence-electron chi connectivity index (χ1n) is 12.7. The highest BCUT2D eigenvalue weighted by molar-refractivity contribution is 8.00. The number of rotatable bonds is 9. The summed E-state index contributed by atoms with van der Waals surface area (Å²) in [6.07, 6.45) is 4.80. The lowest BCUT2D eigenvalue weighted by Crippen LogP contribution is -2.30. The summed E-state index contributed by atoms with van der Waals surface area (Å²) in [7, 11) is 0. The van der Waals surface area contributed by atoms with Gasteiger partial charge in [0.05, 0.1) is 5.25 Å². The molecule has 0 aliphatic heterocycles. The third-order valence-electron chi connectivity index (χ3n) is 5.79. The van der Waals surface area contributed by atoms with Crippen LogP contribution in [0.15, 0.2) is 108 Å². The van der Waals surface area contributed by atoms with E-state index in [4.69, 9.17) is 0 Å². The van der Waals surface area contributed by atoms with E-state index in [9.17, 15) is 14.4 Å².